The Kier molecular flexibility index (Phi) is 6.99. The number of H-pyrrole nitrogens is 1. The molecule has 1 aliphatic carbocycles. The molecule has 0 unspecified atom stereocenters. The number of fused-ring (bicyclic) bond motifs is 2. The van der Waals surface area contributed by atoms with Gasteiger partial charge >= 0.3 is 0 Å². The van der Waals surface area contributed by atoms with Gasteiger partial charge in [-0.25, -0.2) is 22.0 Å². The van der Waals surface area contributed by atoms with Crippen LogP contribution in [0.3, 0.4) is 0 Å². The van der Waals surface area contributed by atoms with E-state index in [1.807, 2.05) is 6.07 Å². The van der Waals surface area contributed by atoms with Crippen molar-refractivity contribution in [2.75, 3.05) is 13.1 Å². The first kappa shape index (κ1) is 26.9. The van der Waals surface area contributed by atoms with E-state index >= 15 is 0 Å². The van der Waals surface area contributed by atoms with Crippen LogP contribution in [0.15, 0.2) is 18.2 Å². The lowest BCUT2D eigenvalue weighted by atomic mass is 9.90. The van der Waals surface area contributed by atoms with E-state index in [0.717, 1.165) is 17.0 Å². The molecule has 13 heteroatoms. The van der Waals surface area contributed by atoms with Crippen LogP contribution in [0.2, 0.25) is 0 Å². The number of alkyl halides is 4. The molecule has 3 heterocycles. The van der Waals surface area contributed by atoms with Crippen LogP contribution >= 0.6 is 0 Å². The van der Waals surface area contributed by atoms with Gasteiger partial charge in [0, 0.05) is 48.3 Å². The third-order valence-electron chi connectivity index (χ3n) is 7.99. The van der Waals surface area contributed by atoms with Gasteiger partial charge in [-0.15, -0.1) is 0 Å². The highest BCUT2D eigenvalue weighted by atomic mass is 19.3. The van der Waals surface area contributed by atoms with Crippen LogP contribution in [-0.2, 0) is 9.59 Å². The van der Waals surface area contributed by atoms with Gasteiger partial charge in [-0.2, -0.15) is 5.26 Å². The van der Waals surface area contributed by atoms with Crippen molar-refractivity contribution in [3.05, 3.63) is 35.3 Å². The summed E-state index contributed by atoms with van der Waals surface area (Å²) in [7, 11) is 0. The number of nitrogens with one attached hydrogen (secondary N) is 3. The highest BCUT2D eigenvalue weighted by molar-refractivity contribution is 6.01. The van der Waals surface area contributed by atoms with Crippen LogP contribution in [0.4, 0.5) is 22.0 Å². The van der Waals surface area contributed by atoms with Crippen molar-refractivity contribution < 1.29 is 36.3 Å². The highest BCUT2D eigenvalue weighted by Crippen LogP contribution is 2.50. The van der Waals surface area contributed by atoms with Gasteiger partial charge in [0.25, 0.3) is 12.3 Å². The summed E-state index contributed by atoms with van der Waals surface area (Å²) in [6.07, 6.45) is -2.88. The molecular formula is C26H26F5N5O3. The molecule has 1 aromatic carbocycles. The van der Waals surface area contributed by atoms with E-state index in [2.05, 4.69) is 15.6 Å². The first-order chi connectivity index (χ1) is 18.5. The van der Waals surface area contributed by atoms with Gasteiger partial charge in [-0.1, -0.05) is 0 Å². The Balaban J connectivity index is 1.41. The summed E-state index contributed by atoms with van der Waals surface area (Å²) in [6, 6.07) is 2.27. The average molecular weight is 552 g/mol. The molecule has 3 amide bonds. The third-order valence-corrected chi connectivity index (χ3v) is 7.99. The summed E-state index contributed by atoms with van der Waals surface area (Å²) in [6.45, 7) is 0.347. The van der Waals surface area contributed by atoms with E-state index in [-0.39, 0.29) is 35.5 Å². The number of aromatic amines is 1. The summed E-state index contributed by atoms with van der Waals surface area (Å²) in [5, 5.41) is 14.8. The van der Waals surface area contributed by atoms with Gasteiger partial charge in [0.05, 0.1) is 6.07 Å². The summed E-state index contributed by atoms with van der Waals surface area (Å²) in [4.78, 5) is 42.8. The fourth-order valence-electron chi connectivity index (χ4n) is 6.27. The lowest BCUT2D eigenvalue weighted by Crippen LogP contribution is -2.52. The Morgan fingerprint density at radius 1 is 1.23 bits per heavy atom. The fourth-order valence-corrected chi connectivity index (χ4v) is 6.27. The van der Waals surface area contributed by atoms with Gasteiger partial charge in [0.2, 0.25) is 17.7 Å². The molecule has 3 N–H and O–H groups in total. The van der Waals surface area contributed by atoms with Crippen molar-refractivity contribution in [3.8, 4) is 6.07 Å². The van der Waals surface area contributed by atoms with Gasteiger partial charge in [-0.05, 0) is 49.3 Å². The van der Waals surface area contributed by atoms with Gasteiger partial charge in [-0.3, -0.25) is 14.4 Å². The summed E-state index contributed by atoms with van der Waals surface area (Å²) in [5.41, 5.74) is -0.857. The van der Waals surface area contributed by atoms with Crippen molar-refractivity contribution in [2.24, 2.45) is 17.8 Å². The van der Waals surface area contributed by atoms with E-state index in [1.165, 1.54) is 0 Å². The highest BCUT2D eigenvalue weighted by Gasteiger charge is 2.58. The second-order valence-electron chi connectivity index (χ2n) is 10.6. The number of piperidine rings is 1. The number of nitriles is 1. The lowest BCUT2D eigenvalue weighted by Gasteiger charge is -2.29. The molecule has 5 rings (SSSR count). The predicted octanol–water partition coefficient (Wildman–Crippen LogP) is 3.66. The Bertz CT molecular complexity index is 1360. The molecule has 3 aliphatic rings. The maximum atomic E-state index is 14.3. The quantitative estimate of drug-likeness (QED) is 0.475. The number of hydrogen-bond acceptors (Lipinski definition) is 4. The number of hydrogen-bond donors (Lipinski definition) is 3. The average Bonchev–Trinajstić information content (AvgIpc) is 3.53. The smallest absolute Gasteiger partial charge is 0.271 e. The van der Waals surface area contributed by atoms with Crippen molar-refractivity contribution in [2.45, 2.75) is 56.5 Å². The Hall–Kier alpha value is -3.69. The second-order valence-corrected chi connectivity index (χ2v) is 10.6. The van der Waals surface area contributed by atoms with E-state index < -0.39 is 78.2 Å². The largest absolute Gasteiger partial charge is 0.356 e. The van der Waals surface area contributed by atoms with E-state index in [4.69, 9.17) is 0 Å². The first-order valence-corrected chi connectivity index (χ1v) is 12.7. The van der Waals surface area contributed by atoms with Crippen LogP contribution in [0, 0.1) is 34.9 Å². The Morgan fingerprint density at radius 2 is 2.00 bits per heavy atom. The third kappa shape index (κ3) is 5.16. The van der Waals surface area contributed by atoms with E-state index in [0.29, 0.717) is 25.5 Å². The van der Waals surface area contributed by atoms with Gasteiger partial charge < -0.3 is 20.5 Å². The molecule has 0 bridgehead atoms. The topological polar surface area (TPSA) is 118 Å². The second kappa shape index (κ2) is 10.1. The molecule has 39 heavy (non-hydrogen) atoms. The molecular weight excluding hydrogens is 525 g/mol. The Morgan fingerprint density at radius 3 is 2.69 bits per heavy atom. The standard InChI is InChI=1S/C26H26F5N5O3/c27-14-5-17(22(28)29)16-7-20(35-19(16)6-14)25(39)36-11-13-8-26(30,31)9-18(13)21(36)24(38)34-15(10-32)4-12-2-1-3-33-23(12)37/h5-7,12-13,15,18,21-22,35H,1-4,8-9,11H2,(H,33,37)(H,34,38)/t12-,13-,15+,18-,21-/m0/s1. The molecule has 3 fully saturated rings. The molecule has 2 saturated heterocycles. The molecule has 0 radical (unpaired) electrons. The van der Waals surface area contributed by atoms with Crippen LogP contribution in [0.25, 0.3) is 10.9 Å². The van der Waals surface area contributed by atoms with Gasteiger partial charge in [0.1, 0.15) is 23.6 Å². The van der Waals surface area contributed by atoms with E-state index in [1.54, 1.807) is 0 Å². The molecule has 8 nitrogen and oxygen atoms in total. The summed E-state index contributed by atoms with van der Waals surface area (Å²) in [5.74, 6) is -7.85. The van der Waals surface area contributed by atoms with Crippen molar-refractivity contribution >= 4 is 28.6 Å². The minimum absolute atomic E-state index is 0.0307. The number of benzene rings is 1. The molecule has 2 aliphatic heterocycles. The summed E-state index contributed by atoms with van der Waals surface area (Å²) < 4.78 is 69.4. The molecule has 0 spiro atoms. The number of rotatable bonds is 6. The normalized spacial score (nSPS) is 26.8. The zero-order chi connectivity index (χ0) is 28.1. The number of halogens is 5. The molecule has 208 valence electrons. The SMILES string of the molecule is N#C[C@@H](C[C@@H]1CCCNC1=O)NC(=O)[C@@H]1[C@H]2CC(F)(F)C[C@H]2CN1C(=O)c1cc2c(C(F)F)cc(F)cc2[nH]1. The van der Waals surface area contributed by atoms with Crippen LogP contribution < -0.4 is 10.6 Å². The zero-order valence-corrected chi connectivity index (χ0v) is 20.7. The van der Waals surface area contributed by atoms with E-state index in [9.17, 15) is 41.6 Å². The minimum Gasteiger partial charge on any atom is -0.356 e. The zero-order valence-electron chi connectivity index (χ0n) is 20.7. The predicted molar refractivity (Wildman–Crippen MR) is 127 cm³/mol. The van der Waals surface area contributed by atoms with Gasteiger partial charge in [0.15, 0.2) is 0 Å². The maximum absolute atomic E-state index is 14.3. The van der Waals surface area contributed by atoms with Crippen molar-refractivity contribution in [1.82, 2.24) is 20.5 Å². The number of nitrogens with zero attached hydrogens (tertiary/aromatic N) is 2. The first-order valence-electron chi connectivity index (χ1n) is 12.7. The minimum atomic E-state index is -3.03. The van der Waals surface area contributed by atoms with Crippen molar-refractivity contribution in [3.63, 3.8) is 0 Å². The lowest BCUT2D eigenvalue weighted by molar-refractivity contribution is -0.129. The van der Waals surface area contributed by atoms with Crippen LogP contribution in [0.1, 0.15) is 54.6 Å². The monoisotopic (exact) mass is 551 g/mol. The molecule has 1 aromatic heterocycles. The number of carbonyl (C=O) groups is 3. The Labute approximate surface area is 219 Å². The molecule has 5 atom stereocenters. The fraction of sp³-hybridized carbons (Fsp3) is 0.538. The van der Waals surface area contributed by atoms with Crippen LogP contribution in [-0.4, -0.2) is 58.7 Å². The molecule has 2 aromatic rings. The number of amides is 3. The maximum Gasteiger partial charge on any atom is 0.271 e. The van der Waals surface area contributed by atoms with Crippen LogP contribution in [0.5, 0.6) is 0 Å². The number of likely N-dealkylation sites (tertiary alicyclic amines) is 1. The summed E-state index contributed by atoms with van der Waals surface area (Å²) >= 11 is 0. The molecule has 1 saturated carbocycles. The number of carbonyl (C=O) groups excluding carboxylic acids is 3. The van der Waals surface area contributed by atoms with Crippen molar-refractivity contribution in [1.29, 1.82) is 5.26 Å². The number of aromatic nitrogens is 1.